The van der Waals surface area contributed by atoms with Gasteiger partial charge >= 0.3 is 0 Å². The molecular formula is C16H35NOS. The third-order valence-electron chi connectivity index (χ3n) is 3.62. The number of hydrogen-bond donors (Lipinski definition) is 1. The second kappa shape index (κ2) is 9.68. The van der Waals surface area contributed by atoms with Gasteiger partial charge in [0.05, 0.1) is 0 Å². The molecule has 0 radical (unpaired) electrons. The quantitative estimate of drug-likeness (QED) is 0.648. The monoisotopic (exact) mass is 289 g/mol. The van der Waals surface area contributed by atoms with Crippen LogP contribution < -0.4 is 5.73 Å². The van der Waals surface area contributed by atoms with E-state index in [1.54, 1.807) is 0 Å². The molecule has 0 aliphatic carbocycles. The molecule has 0 saturated heterocycles. The molecule has 0 rings (SSSR count). The summed E-state index contributed by atoms with van der Waals surface area (Å²) in [6, 6.07) is 0. The van der Waals surface area contributed by atoms with E-state index in [2.05, 4.69) is 34.6 Å². The van der Waals surface area contributed by atoms with E-state index in [-0.39, 0.29) is 16.6 Å². The van der Waals surface area contributed by atoms with Gasteiger partial charge in [-0.25, -0.2) is 0 Å². The number of hydrogen-bond acceptors (Lipinski definition) is 2. The summed E-state index contributed by atoms with van der Waals surface area (Å²) in [7, 11) is 0. The Morgan fingerprint density at radius 2 is 1.68 bits per heavy atom. The Labute approximate surface area is 125 Å². The van der Waals surface area contributed by atoms with E-state index in [9.17, 15) is 4.79 Å². The van der Waals surface area contributed by atoms with Gasteiger partial charge in [-0.2, -0.15) is 11.8 Å². The Hall–Kier alpha value is -0.180. The molecule has 0 aliphatic heterocycles. The van der Waals surface area contributed by atoms with Gasteiger partial charge in [0.25, 0.3) is 0 Å². The average Bonchev–Trinajstić information content (AvgIpc) is 2.30. The summed E-state index contributed by atoms with van der Waals surface area (Å²) in [5, 5.41) is 0. The largest absolute Gasteiger partial charge is 0.369 e. The zero-order chi connectivity index (χ0) is 15.7. The lowest BCUT2D eigenvalue weighted by Crippen LogP contribution is -2.43. The van der Waals surface area contributed by atoms with E-state index in [1.807, 2.05) is 32.5 Å². The van der Waals surface area contributed by atoms with Crippen LogP contribution in [0, 0.1) is 11.3 Å². The molecule has 1 unspecified atom stereocenters. The number of primary amides is 1. The zero-order valence-corrected chi connectivity index (χ0v) is 15.1. The molecule has 0 fully saturated rings. The van der Waals surface area contributed by atoms with Gasteiger partial charge < -0.3 is 5.73 Å². The minimum absolute atomic E-state index is 0.114. The van der Waals surface area contributed by atoms with Crippen molar-refractivity contribution in [3.05, 3.63) is 0 Å². The molecule has 2 nitrogen and oxygen atoms in total. The van der Waals surface area contributed by atoms with Crippen LogP contribution >= 0.6 is 11.8 Å². The van der Waals surface area contributed by atoms with E-state index in [4.69, 9.17) is 5.73 Å². The van der Waals surface area contributed by atoms with Crippen molar-refractivity contribution in [2.45, 2.75) is 79.4 Å². The van der Waals surface area contributed by atoms with Gasteiger partial charge in [-0.15, -0.1) is 0 Å². The fraction of sp³-hybridized carbons (Fsp3) is 0.938. The summed E-state index contributed by atoms with van der Waals surface area (Å²) in [5.41, 5.74) is 5.19. The highest BCUT2D eigenvalue weighted by Crippen LogP contribution is 2.41. The number of carbonyl (C=O) groups is 1. The van der Waals surface area contributed by atoms with Crippen LogP contribution in [0.1, 0.15) is 74.7 Å². The van der Waals surface area contributed by atoms with Crippen LogP contribution in [0.3, 0.4) is 0 Å². The van der Waals surface area contributed by atoms with Crippen molar-refractivity contribution in [1.82, 2.24) is 0 Å². The molecule has 1 atom stereocenters. The Morgan fingerprint density at radius 3 is 2.00 bits per heavy atom. The summed E-state index contributed by atoms with van der Waals surface area (Å²) in [6.07, 6.45) is 3.31. The first-order valence-corrected chi connectivity index (χ1v) is 8.58. The molecule has 19 heavy (non-hydrogen) atoms. The summed E-state index contributed by atoms with van der Waals surface area (Å²) in [5.74, 6) is 1.28. The highest BCUT2D eigenvalue weighted by Gasteiger charge is 2.39. The minimum Gasteiger partial charge on any atom is -0.369 e. The van der Waals surface area contributed by atoms with Gasteiger partial charge in [0.1, 0.15) is 0 Å². The summed E-state index contributed by atoms with van der Waals surface area (Å²) < 4.78 is 0.114. The number of rotatable bonds is 8. The number of carbonyl (C=O) groups excluding carboxylic acids is 1. The lowest BCUT2D eigenvalue weighted by atomic mass is 9.72. The van der Waals surface area contributed by atoms with Gasteiger partial charge in [0.15, 0.2) is 0 Å². The van der Waals surface area contributed by atoms with Crippen molar-refractivity contribution in [2.75, 3.05) is 5.75 Å². The van der Waals surface area contributed by atoms with Gasteiger partial charge in [-0.05, 0) is 24.5 Å². The SMILES string of the molecule is CC.CCCCSC(C)(C)CC(C)(C(N)=O)C(C)C. The fourth-order valence-electron chi connectivity index (χ4n) is 2.00. The summed E-state index contributed by atoms with van der Waals surface area (Å²) in [6.45, 7) is 16.8. The van der Waals surface area contributed by atoms with Gasteiger partial charge in [-0.1, -0.05) is 61.8 Å². The topological polar surface area (TPSA) is 43.1 Å². The van der Waals surface area contributed by atoms with Crippen LogP contribution in [-0.2, 0) is 4.79 Å². The average molecular weight is 290 g/mol. The molecular weight excluding hydrogens is 254 g/mol. The van der Waals surface area contributed by atoms with E-state index >= 15 is 0 Å². The van der Waals surface area contributed by atoms with Crippen molar-refractivity contribution in [3.63, 3.8) is 0 Å². The van der Waals surface area contributed by atoms with Crippen molar-refractivity contribution < 1.29 is 4.79 Å². The van der Waals surface area contributed by atoms with E-state index in [0.717, 1.165) is 12.2 Å². The normalized spacial score (nSPS) is 14.6. The zero-order valence-electron chi connectivity index (χ0n) is 14.3. The van der Waals surface area contributed by atoms with Crippen LogP contribution in [0.5, 0.6) is 0 Å². The molecule has 0 aromatic heterocycles. The Kier molecular flexibility index (Phi) is 10.8. The van der Waals surface area contributed by atoms with Gasteiger partial charge in [-0.3, -0.25) is 4.79 Å². The van der Waals surface area contributed by atoms with Crippen molar-refractivity contribution in [1.29, 1.82) is 0 Å². The molecule has 116 valence electrons. The van der Waals surface area contributed by atoms with Crippen LogP contribution in [-0.4, -0.2) is 16.4 Å². The number of nitrogens with two attached hydrogens (primary N) is 1. The van der Waals surface area contributed by atoms with Crippen molar-refractivity contribution in [3.8, 4) is 0 Å². The highest BCUT2D eigenvalue weighted by atomic mass is 32.2. The smallest absolute Gasteiger partial charge is 0.223 e. The number of unbranched alkanes of at least 4 members (excludes halogenated alkanes) is 1. The second-order valence-electron chi connectivity index (χ2n) is 6.07. The first-order chi connectivity index (χ1) is 8.65. The standard InChI is InChI=1S/C14H29NOS.C2H6/c1-7-8-9-17-13(4,5)10-14(6,11(2)3)12(15)16;1-2/h11H,7-10H2,1-6H3,(H2,15,16);1-2H3. The van der Waals surface area contributed by atoms with Crippen LogP contribution in [0.15, 0.2) is 0 Å². The maximum absolute atomic E-state index is 11.7. The second-order valence-corrected chi connectivity index (χ2v) is 7.88. The maximum Gasteiger partial charge on any atom is 0.223 e. The first-order valence-electron chi connectivity index (χ1n) is 7.59. The van der Waals surface area contributed by atoms with Crippen LogP contribution in [0.25, 0.3) is 0 Å². The molecule has 0 aliphatic rings. The first kappa shape index (κ1) is 21.1. The molecule has 1 amide bonds. The lowest BCUT2D eigenvalue weighted by molar-refractivity contribution is -0.129. The molecule has 0 aromatic carbocycles. The highest BCUT2D eigenvalue weighted by molar-refractivity contribution is 8.00. The van der Waals surface area contributed by atoms with Crippen LogP contribution in [0.2, 0.25) is 0 Å². The Balaban J connectivity index is 0. The molecule has 0 saturated carbocycles. The predicted octanol–water partition coefficient (Wildman–Crippen LogP) is 4.86. The molecule has 0 heterocycles. The third-order valence-corrected chi connectivity index (χ3v) is 5.04. The summed E-state index contributed by atoms with van der Waals surface area (Å²) >= 11 is 1.96. The number of thioether (sulfide) groups is 1. The van der Waals surface area contributed by atoms with Crippen molar-refractivity contribution >= 4 is 17.7 Å². The van der Waals surface area contributed by atoms with Crippen molar-refractivity contribution in [2.24, 2.45) is 17.1 Å². The fourth-order valence-corrected chi connectivity index (χ4v) is 3.39. The van der Waals surface area contributed by atoms with Gasteiger partial charge in [0, 0.05) is 10.2 Å². The molecule has 2 N–H and O–H groups in total. The van der Waals surface area contributed by atoms with Crippen LogP contribution in [0.4, 0.5) is 0 Å². The third kappa shape index (κ3) is 7.86. The Bertz CT molecular complexity index is 251. The molecule has 0 bridgehead atoms. The predicted molar refractivity (Wildman–Crippen MR) is 89.5 cm³/mol. The van der Waals surface area contributed by atoms with E-state index in [0.29, 0.717) is 0 Å². The van der Waals surface area contributed by atoms with E-state index < -0.39 is 5.41 Å². The summed E-state index contributed by atoms with van der Waals surface area (Å²) in [4.78, 5) is 11.7. The molecule has 0 spiro atoms. The maximum atomic E-state index is 11.7. The number of amides is 1. The van der Waals surface area contributed by atoms with E-state index in [1.165, 1.54) is 12.8 Å². The molecule has 0 aromatic rings. The lowest BCUT2D eigenvalue weighted by Gasteiger charge is -2.38. The molecule has 3 heteroatoms. The minimum atomic E-state index is -0.400. The van der Waals surface area contributed by atoms with Gasteiger partial charge in [0.2, 0.25) is 5.91 Å². The Morgan fingerprint density at radius 1 is 1.21 bits per heavy atom.